The van der Waals surface area contributed by atoms with E-state index in [1.165, 1.54) is 6.07 Å². The van der Waals surface area contributed by atoms with Crippen LogP contribution in [0.25, 0.3) is 0 Å². The largest absolute Gasteiger partial charge is 0.388 e. The topological polar surface area (TPSA) is 23.5 Å². The second-order valence-corrected chi connectivity index (χ2v) is 5.63. The van der Waals surface area contributed by atoms with Crippen molar-refractivity contribution in [1.29, 1.82) is 0 Å². The van der Waals surface area contributed by atoms with E-state index in [4.69, 9.17) is 11.6 Å². The first kappa shape index (κ1) is 16.0. The molecule has 4 heteroatoms. The molecule has 1 atom stereocenters. The molecule has 2 aromatic rings. The van der Waals surface area contributed by atoms with Gasteiger partial charge in [-0.05, 0) is 37.2 Å². The fourth-order valence-electron chi connectivity index (χ4n) is 2.22. The molecule has 1 N–H and O–H groups in total. The molecule has 0 aliphatic heterocycles. The molecule has 0 fully saturated rings. The highest BCUT2D eigenvalue weighted by atomic mass is 35.5. The monoisotopic (exact) mass is 307 g/mol. The van der Waals surface area contributed by atoms with E-state index in [0.29, 0.717) is 18.5 Å². The molecular weight excluding hydrogens is 289 g/mol. The summed E-state index contributed by atoms with van der Waals surface area (Å²) >= 11 is 5.85. The van der Waals surface area contributed by atoms with Crippen LogP contribution in [0.15, 0.2) is 48.5 Å². The van der Waals surface area contributed by atoms with Gasteiger partial charge in [-0.15, -0.1) is 0 Å². The van der Waals surface area contributed by atoms with E-state index in [0.717, 1.165) is 17.1 Å². The molecule has 0 saturated heterocycles. The minimum Gasteiger partial charge on any atom is -0.388 e. The average molecular weight is 308 g/mol. The second-order valence-electron chi connectivity index (χ2n) is 5.19. The normalized spacial score (nSPS) is 12.6. The first-order valence-corrected chi connectivity index (χ1v) is 7.29. The summed E-state index contributed by atoms with van der Waals surface area (Å²) in [5.74, 6) is -0.356. The zero-order chi connectivity index (χ0) is 15.2. The number of benzene rings is 2. The Morgan fingerprint density at radius 3 is 2.48 bits per heavy atom. The summed E-state index contributed by atoms with van der Waals surface area (Å²) in [6.45, 7) is 1.44. The molecule has 0 radical (unpaired) electrons. The van der Waals surface area contributed by atoms with Gasteiger partial charge in [0.2, 0.25) is 0 Å². The van der Waals surface area contributed by atoms with Crippen molar-refractivity contribution < 1.29 is 9.50 Å². The lowest BCUT2D eigenvalue weighted by molar-refractivity contribution is 0.144. The van der Waals surface area contributed by atoms with Crippen LogP contribution in [-0.2, 0) is 6.54 Å². The van der Waals surface area contributed by atoms with Crippen molar-refractivity contribution in [2.75, 3.05) is 13.6 Å². The van der Waals surface area contributed by atoms with Crippen molar-refractivity contribution in [1.82, 2.24) is 4.90 Å². The van der Waals surface area contributed by atoms with Crippen LogP contribution in [0, 0.1) is 5.82 Å². The number of nitrogens with zero attached hydrogens (tertiary/aromatic N) is 1. The van der Waals surface area contributed by atoms with E-state index in [2.05, 4.69) is 4.90 Å². The molecule has 112 valence electrons. The molecule has 2 rings (SSSR count). The van der Waals surface area contributed by atoms with E-state index in [1.54, 1.807) is 18.2 Å². The Hall–Kier alpha value is -1.42. The van der Waals surface area contributed by atoms with Gasteiger partial charge in [0.15, 0.2) is 0 Å². The fourth-order valence-corrected chi connectivity index (χ4v) is 2.35. The summed E-state index contributed by atoms with van der Waals surface area (Å²) in [6.07, 6.45) is -0.288. The smallest absolute Gasteiger partial charge is 0.128 e. The van der Waals surface area contributed by atoms with Crippen molar-refractivity contribution in [3.63, 3.8) is 0 Å². The highest BCUT2D eigenvalue weighted by Crippen LogP contribution is 2.20. The highest BCUT2D eigenvalue weighted by molar-refractivity contribution is 6.30. The molecule has 1 unspecified atom stereocenters. The Bertz CT molecular complexity index is 573. The van der Waals surface area contributed by atoms with E-state index < -0.39 is 6.10 Å². The average Bonchev–Trinajstić information content (AvgIpc) is 2.48. The van der Waals surface area contributed by atoms with Crippen molar-refractivity contribution in [2.45, 2.75) is 19.1 Å². The third kappa shape index (κ3) is 4.81. The molecular formula is C17H19ClFNO. The number of rotatable bonds is 6. The Morgan fingerprint density at radius 2 is 1.81 bits per heavy atom. The van der Waals surface area contributed by atoms with Crippen molar-refractivity contribution in [2.24, 2.45) is 0 Å². The lowest BCUT2D eigenvalue weighted by atomic mass is 10.1. The summed E-state index contributed by atoms with van der Waals surface area (Å²) in [6, 6.07) is 14.0. The Morgan fingerprint density at radius 1 is 1.14 bits per heavy atom. The van der Waals surface area contributed by atoms with Crippen LogP contribution in [0.3, 0.4) is 0 Å². The van der Waals surface area contributed by atoms with Crippen LogP contribution in [0.4, 0.5) is 4.39 Å². The molecule has 21 heavy (non-hydrogen) atoms. The number of halogens is 2. The number of aliphatic hydroxyl groups is 1. The Balaban J connectivity index is 1.85. The van der Waals surface area contributed by atoms with Gasteiger partial charge in [0.1, 0.15) is 5.82 Å². The summed E-state index contributed by atoms with van der Waals surface area (Å²) in [7, 11) is 1.97. The first-order valence-electron chi connectivity index (χ1n) is 6.92. The van der Waals surface area contributed by atoms with Crippen LogP contribution in [0.5, 0.6) is 0 Å². The van der Waals surface area contributed by atoms with Gasteiger partial charge in [-0.3, -0.25) is 0 Å². The molecule has 0 spiro atoms. The van der Waals surface area contributed by atoms with E-state index in [9.17, 15) is 9.50 Å². The van der Waals surface area contributed by atoms with Crippen LogP contribution < -0.4 is 0 Å². The van der Waals surface area contributed by atoms with Gasteiger partial charge in [0.25, 0.3) is 0 Å². The quantitative estimate of drug-likeness (QED) is 0.871. The van der Waals surface area contributed by atoms with Gasteiger partial charge < -0.3 is 10.0 Å². The van der Waals surface area contributed by atoms with Crippen LogP contribution in [-0.4, -0.2) is 23.6 Å². The number of hydrogen-bond donors (Lipinski definition) is 1. The van der Waals surface area contributed by atoms with Crippen molar-refractivity contribution in [3.8, 4) is 0 Å². The molecule has 0 bridgehead atoms. The zero-order valence-corrected chi connectivity index (χ0v) is 12.7. The fraction of sp³-hybridized carbons (Fsp3) is 0.294. The van der Waals surface area contributed by atoms with Crippen LogP contribution >= 0.6 is 11.6 Å². The maximum Gasteiger partial charge on any atom is 0.128 e. The highest BCUT2D eigenvalue weighted by Gasteiger charge is 2.13. The lowest BCUT2D eigenvalue weighted by Gasteiger charge is -2.19. The minimum absolute atomic E-state index is 0.356. The third-order valence-electron chi connectivity index (χ3n) is 3.41. The standard InChI is InChI=1S/C17H19ClFNO/c1-20(12-13-6-8-14(18)9-7-13)11-10-17(21)15-4-2-3-5-16(15)19/h2-9,17,21H,10-12H2,1H3. The van der Waals surface area contributed by atoms with Gasteiger partial charge in [-0.2, -0.15) is 0 Å². The predicted octanol–water partition coefficient (Wildman–Crippen LogP) is 4.03. The molecule has 0 aromatic heterocycles. The number of hydrogen-bond acceptors (Lipinski definition) is 2. The summed E-state index contributed by atoms with van der Waals surface area (Å²) in [4.78, 5) is 2.09. The minimum atomic E-state index is -0.779. The Labute approximate surface area is 129 Å². The van der Waals surface area contributed by atoms with Gasteiger partial charge in [-0.1, -0.05) is 41.9 Å². The second kappa shape index (κ2) is 7.55. The predicted molar refractivity (Wildman–Crippen MR) is 83.8 cm³/mol. The Kier molecular flexibility index (Phi) is 5.74. The van der Waals surface area contributed by atoms with E-state index in [-0.39, 0.29) is 5.82 Å². The summed E-state index contributed by atoms with van der Waals surface area (Å²) in [5.41, 5.74) is 1.51. The maximum atomic E-state index is 13.6. The zero-order valence-electron chi connectivity index (χ0n) is 12.0. The van der Waals surface area contributed by atoms with E-state index >= 15 is 0 Å². The summed E-state index contributed by atoms with van der Waals surface area (Å²) in [5, 5.41) is 10.8. The lowest BCUT2D eigenvalue weighted by Crippen LogP contribution is -2.21. The van der Waals surface area contributed by atoms with Gasteiger partial charge in [-0.25, -0.2) is 4.39 Å². The third-order valence-corrected chi connectivity index (χ3v) is 3.67. The molecule has 0 heterocycles. The molecule has 0 aliphatic carbocycles. The van der Waals surface area contributed by atoms with Gasteiger partial charge in [0.05, 0.1) is 6.10 Å². The number of aliphatic hydroxyl groups excluding tert-OH is 1. The van der Waals surface area contributed by atoms with E-state index in [1.807, 2.05) is 31.3 Å². The van der Waals surface area contributed by atoms with Gasteiger partial charge >= 0.3 is 0 Å². The molecule has 0 aliphatic rings. The molecule has 2 nitrogen and oxygen atoms in total. The van der Waals surface area contributed by atoms with Crippen molar-refractivity contribution >= 4 is 11.6 Å². The molecule has 0 saturated carbocycles. The first-order chi connectivity index (χ1) is 10.1. The molecule has 0 amide bonds. The van der Waals surface area contributed by atoms with Crippen LogP contribution in [0.1, 0.15) is 23.7 Å². The molecule has 2 aromatic carbocycles. The SMILES string of the molecule is CN(CCC(O)c1ccccc1F)Cc1ccc(Cl)cc1. The maximum absolute atomic E-state index is 13.6. The van der Waals surface area contributed by atoms with Crippen molar-refractivity contribution in [3.05, 3.63) is 70.5 Å². The summed E-state index contributed by atoms with van der Waals surface area (Å²) < 4.78 is 13.6. The van der Waals surface area contributed by atoms with Gasteiger partial charge in [0, 0.05) is 23.7 Å². The van der Waals surface area contributed by atoms with Crippen LogP contribution in [0.2, 0.25) is 5.02 Å².